The van der Waals surface area contributed by atoms with E-state index in [1.807, 2.05) is 0 Å². The van der Waals surface area contributed by atoms with E-state index in [1.165, 1.54) is 0 Å². The molecule has 1 aromatic heterocycles. The molecule has 8 heavy (non-hydrogen) atoms. The average molecular weight is 130 g/mol. The fourth-order valence-corrected chi connectivity index (χ4v) is 0.961. The summed E-state index contributed by atoms with van der Waals surface area (Å²) in [5.74, 6) is 0. The molecule has 1 nitrogen and oxygen atoms in total. The second-order valence-electron chi connectivity index (χ2n) is 1.33. The molecule has 0 aromatic carbocycles. The van der Waals surface area contributed by atoms with Crippen molar-refractivity contribution in [3.63, 3.8) is 0 Å². The molecule has 1 aromatic rings. The lowest BCUT2D eigenvalue weighted by Crippen LogP contribution is -1.90. The van der Waals surface area contributed by atoms with Crippen molar-refractivity contribution in [2.45, 2.75) is 6.54 Å². The van der Waals surface area contributed by atoms with E-state index in [0.717, 1.165) is 16.2 Å². The van der Waals surface area contributed by atoms with Crippen molar-refractivity contribution < 1.29 is 4.39 Å². The topological polar surface area (TPSA) is 26.0 Å². The van der Waals surface area contributed by atoms with Gasteiger partial charge in [-0.3, -0.25) is 0 Å². The Morgan fingerprint density at radius 3 is 2.88 bits per heavy atom. The van der Waals surface area contributed by atoms with Crippen LogP contribution >= 0.6 is 11.3 Å². The van der Waals surface area contributed by atoms with E-state index >= 15 is 0 Å². The monoisotopic (exact) mass is 130 g/mol. The highest BCUT2D eigenvalue weighted by atomic mass is 32.1. The molecular formula is C5H5FNS. The SMILES string of the molecule is NCc1c[c]c(F)s1. The van der Waals surface area contributed by atoms with Crippen LogP contribution in [0.2, 0.25) is 0 Å². The zero-order valence-corrected chi connectivity index (χ0v) is 4.96. The first kappa shape index (κ1) is 5.72. The molecule has 0 aliphatic heterocycles. The fourth-order valence-electron chi connectivity index (χ4n) is 0.412. The van der Waals surface area contributed by atoms with Crippen LogP contribution in [0.25, 0.3) is 0 Å². The highest BCUT2D eigenvalue weighted by Crippen LogP contribution is 2.11. The second kappa shape index (κ2) is 2.24. The maximum Gasteiger partial charge on any atom is 0.184 e. The smallest absolute Gasteiger partial charge is 0.184 e. The molecule has 0 amide bonds. The number of nitrogens with two attached hydrogens (primary N) is 1. The van der Waals surface area contributed by atoms with Gasteiger partial charge in [-0.2, -0.15) is 4.39 Å². The van der Waals surface area contributed by atoms with Crippen LogP contribution in [-0.2, 0) is 6.54 Å². The minimum Gasteiger partial charge on any atom is -0.326 e. The molecule has 1 heterocycles. The summed E-state index contributed by atoms with van der Waals surface area (Å²) >= 11 is 1.04. The number of thiophene rings is 1. The van der Waals surface area contributed by atoms with Gasteiger partial charge in [0.25, 0.3) is 0 Å². The van der Waals surface area contributed by atoms with Crippen molar-refractivity contribution in [1.29, 1.82) is 0 Å². The van der Waals surface area contributed by atoms with Gasteiger partial charge in [0.2, 0.25) is 0 Å². The van der Waals surface area contributed by atoms with E-state index in [4.69, 9.17) is 5.73 Å². The number of hydrogen-bond acceptors (Lipinski definition) is 2. The Hall–Kier alpha value is -0.410. The standard InChI is InChI=1S/C5H5FNS/c6-5-2-1-4(3-7)8-5/h1H,3,7H2. The Bertz CT molecular complexity index is 173. The van der Waals surface area contributed by atoms with Crippen molar-refractivity contribution >= 4 is 11.3 Å². The molecule has 0 unspecified atom stereocenters. The predicted octanol–water partition coefficient (Wildman–Crippen LogP) is 1.15. The van der Waals surface area contributed by atoms with E-state index < -0.39 is 0 Å². The first-order valence-electron chi connectivity index (χ1n) is 2.19. The molecule has 43 valence electrons. The fraction of sp³-hybridized carbons (Fsp3) is 0.200. The zero-order chi connectivity index (χ0) is 5.98. The maximum atomic E-state index is 12.0. The summed E-state index contributed by atoms with van der Waals surface area (Å²) < 4.78 is 12.0. The third kappa shape index (κ3) is 1.05. The quantitative estimate of drug-likeness (QED) is 0.606. The molecule has 0 bridgehead atoms. The highest BCUT2D eigenvalue weighted by molar-refractivity contribution is 7.10. The van der Waals surface area contributed by atoms with Gasteiger partial charge >= 0.3 is 0 Å². The molecular weight excluding hydrogens is 125 g/mol. The Labute approximate surface area is 50.9 Å². The molecule has 0 aliphatic carbocycles. The highest BCUT2D eigenvalue weighted by Gasteiger charge is 1.94. The van der Waals surface area contributed by atoms with Crippen molar-refractivity contribution in [3.8, 4) is 0 Å². The third-order valence-electron chi connectivity index (χ3n) is 0.769. The van der Waals surface area contributed by atoms with E-state index in [2.05, 4.69) is 6.07 Å². The van der Waals surface area contributed by atoms with Crippen LogP contribution in [0.3, 0.4) is 0 Å². The van der Waals surface area contributed by atoms with Crippen LogP contribution in [0.15, 0.2) is 6.07 Å². The van der Waals surface area contributed by atoms with Gasteiger partial charge in [0.1, 0.15) is 0 Å². The van der Waals surface area contributed by atoms with Gasteiger partial charge in [-0.05, 0) is 6.07 Å². The van der Waals surface area contributed by atoms with Gasteiger partial charge in [-0.15, -0.1) is 11.3 Å². The molecule has 0 saturated carbocycles. The van der Waals surface area contributed by atoms with Crippen molar-refractivity contribution in [2.75, 3.05) is 0 Å². The van der Waals surface area contributed by atoms with Gasteiger partial charge in [-0.1, -0.05) is 0 Å². The van der Waals surface area contributed by atoms with Crippen LogP contribution in [0, 0.1) is 11.2 Å². The third-order valence-corrected chi connectivity index (χ3v) is 1.61. The molecule has 1 radical (unpaired) electrons. The molecule has 0 atom stereocenters. The van der Waals surface area contributed by atoms with Crippen LogP contribution < -0.4 is 5.73 Å². The summed E-state index contributed by atoms with van der Waals surface area (Å²) in [7, 11) is 0. The number of halogens is 1. The van der Waals surface area contributed by atoms with Gasteiger partial charge in [0, 0.05) is 17.5 Å². The summed E-state index contributed by atoms with van der Waals surface area (Å²) in [4.78, 5) is 0.836. The first-order chi connectivity index (χ1) is 3.83. The summed E-state index contributed by atoms with van der Waals surface area (Å²) in [6.07, 6.45) is 0. The Balaban J connectivity index is 2.84. The first-order valence-corrected chi connectivity index (χ1v) is 3.00. The van der Waals surface area contributed by atoms with Crippen molar-refractivity contribution in [1.82, 2.24) is 0 Å². The Morgan fingerprint density at radius 2 is 2.62 bits per heavy atom. The molecule has 0 aliphatic rings. The minimum atomic E-state index is -0.287. The van der Waals surface area contributed by atoms with Gasteiger partial charge < -0.3 is 5.73 Å². The average Bonchev–Trinajstić information content (AvgIpc) is 2.14. The molecule has 2 N–H and O–H groups in total. The van der Waals surface area contributed by atoms with Gasteiger partial charge in [0.05, 0.1) is 0 Å². The lowest BCUT2D eigenvalue weighted by molar-refractivity contribution is 0.655. The summed E-state index contributed by atoms with van der Waals surface area (Å²) in [5, 5.41) is -0.287. The van der Waals surface area contributed by atoms with Crippen LogP contribution in [0.4, 0.5) is 4.39 Å². The molecule has 1 rings (SSSR count). The van der Waals surface area contributed by atoms with E-state index in [1.54, 1.807) is 6.07 Å². The summed E-state index contributed by atoms with van der Waals surface area (Å²) in [6, 6.07) is 3.96. The van der Waals surface area contributed by atoms with Gasteiger partial charge in [-0.25, -0.2) is 0 Å². The van der Waals surface area contributed by atoms with E-state index in [9.17, 15) is 4.39 Å². The molecule has 0 spiro atoms. The zero-order valence-electron chi connectivity index (χ0n) is 4.15. The molecule has 3 heteroatoms. The molecule has 0 saturated heterocycles. The van der Waals surface area contributed by atoms with Crippen molar-refractivity contribution in [2.24, 2.45) is 5.73 Å². The molecule has 0 fully saturated rings. The normalized spacial score (nSPS) is 9.75. The summed E-state index contributed by atoms with van der Waals surface area (Å²) in [5.41, 5.74) is 5.19. The van der Waals surface area contributed by atoms with E-state index in [0.29, 0.717) is 6.54 Å². The maximum absolute atomic E-state index is 12.0. The van der Waals surface area contributed by atoms with Crippen LogP contribution in [0.5, 0.6) is 0 Å². The largest absolute Gasteiger partial charge is 0.326 e. The lowest BCUT2D eigenvalue weighted by Gasteiger charge is -1.79. The van der Waals surface area contributed by atoms with E-state index in [-0.39, 0.29) is 5.13 Å². The lowest BCUT2D eigenvalue weighted by atomic mass is 10.5. The van der Waals surface area contributed by atoms with Crippen LogP contribution in [-0.4, -0.2) is 0 Å². The van der Waals surface area contributed by atoms with Crippen molar-refractivity contribution in [3.05, 3.63) is 22.1 Å². The Kier molecular flexibility index (Phi) is 1.60. The van der Waals surface area contributed by atoms with Gasteiger partial charge in [0.15, 0.2) is 5.13 Å². The Morgan fingerprint density at radius 1 is 1.88 bits per heavy atom. The summed E-state index contributed by atoms with van der Waals surface area (Å²) in [6.45, 7) is 0.408. The number of rotatable bonds is 1. The number of hydrogen-bond donors (Lipinski definition) is 1. The van der Waals surface area contributed by atoms with Crippen LogP contribution in [0.1, 0.15) is 4.88 Å². The second-order valence-corrected chi connectivity index (χ2v) is 2.42. The predicted molar refractivity (Wildman–Crippen MR) is 31.0 cm³/mol. The minimum absolute atomic E-state index is 0.287.